The van der Waals surface area contributed by atoms with E-state index < -0.39 is 11.8 Å². The molecule has 2 heterocycles. The lowest BCUT2D eigenvalue weighted by atomic mass is 9.97. The predicted octanol–water partition coefficient (Wildman–Crippen LogP) is 2.90. The third kappa shape index (κ3) is 5.51. The summed E-state index contributed by atoms with van der Waals surface area (Å²) in [5.41, 5.74) is 0.647. The van der Waals surface area contributed by atoms with Gasteiger partial charge in [-0.25, -0.2) is 14.4 Å². The van der Waals surface area contributed by atoms with Crippen LogP contribution in [0.5, 0.6) is 0 Å². The fraction of sp³-hybridized carbons (Fsp3) is 0.389. The number of halogens is 2. The zero-order valence-electron chi connectivity index (χ0n) is 14.7. The number of carboxylic acids is 1. The fourth-order valence-electron chi connectivity index (χ4n) is 3.06. The summed E-state index contributed by atoms with van der Waals surface area (Å²) in [6, 6.07) is 6.25. The van der Waals surface area contributed by atoms with Crippen LogP contribution in [0.15, 0.2) is 30.6 Å². The Morgan fingerprint density at radius 1 is 1.30 bits per heavy atom. The molecule has 1 aliphatic rings. The van der Waals surface area contributed by atoms with Crippen molar-refractivity contribution >= 4 is 34.9 Å². The van der Waals surface area contributed by atoms with Gasteiger partial charge in [0, 0.05) is 24.8 Å². The molecular weight excluding hydrogens is 373 g/mol. The van der Waals surface area contributed by atoms with Gasteiger partial charge < -0.3 is 20.6 Å². The minimum Gasteiger partial charge on any atom is -0.480 e. The summed E-state index contributed by atoms with van der Waals surface area (Å²) in [6.07, 6.45) is 3.42. The van der Waals surface area contributed by atoms with Crippen molar-refractivity contribution < 1.29 is 14.3 Å². The molecule has 0 saturated carbocycles. The Kier molecular flexibility index (Phi) is 6.41. The molecule has 1 aromatic carbocycles. The van der Waals surface area contributed by atoms with Crippen molar-refractivity contribution in [2.24, 2.45) is 5.92 Å². The molecule has 0 bridgehead atoms. The molecule has 1 saturated heterocycles. The highest BCUT2D eigenvalue weighted by atomic mass is 35.5. The maximum Gasteiger partial charge on any atom is 0.317 e. The normalized spacial score (nSPS) is 15.0. The van der Waals surface area contributed by atoms with Crippen LogP contribution in [-0.4, -0.2) is 47.2 Å². The van der Waals surface area contributed by atoms with Crippen LogP contribution in [-0.2, 0) is 4.79 Å². The van der Waals surface area contributed by atoms with Crippen molar-refractivity contribution in [3.8, 4) is 0 Å². The van der Waals surface area contributed by atoms with E-state index >= 15 is 0 Å². The van der Waals surface area contributed by atoms with Gasteiger partial charge in [-0.2, -0.15) is 0 Å². The van der Waals surface area contributed by atoms with Gasteiger partial charge >= 0.3 is 5.97 Å². The summed E-state index contributed by atoms with van der Waals surface area (Å²) < 4.78 is 13.3. The molecule has 0 spiro atoms. The number of aromatic nitrogens is 2. The Hall–Kier alpha value is -2.45. The van der Waals surface area contributed by atoms with E-state index in [4.69, 9.17) is 16.7 Å². The topological polar surface area (TPSA) is 90.4 Å². The van der Waals surface area contributed by atoms with Gasteiger partial charge in [-0.15, -0.1) is 0 Å². The van der Waals surface area contributed by atoms with Crippen LogP contribution in [0.2, 0.25) is 5.02 Å². The summed E-state index contributed by atoms with van der Waals surface area (Å²) in [5, 5.41) is 14.8. The molecule has 1 aromatic heterocycles. The second-order valence-electron chi connectivity index (χ2n) is 6.47. The van der Waals surface area contributed by atoms with E-state index in [0.29, 0.717) is 24.0 Å². The lowest BCUT2D eigenvalue weighted by molar-refractivity contribution is -0.136. The fourth-order valence-corrected chi connectivity index (χ4v) is 3.24. The molecule has 0 unspecified atom stereocenters. The summed E-state index contributed by atoms with van der Waals surface area (Å²) in [4.78, 5) is 21.3. The van der Waals surface area contributed by atoms with Crippen molar-refractivity contribution in [1.82, 2.24) is 15.3 Å². The van der Waals surface area contributed by atoms with Gasteiger partial charge in [-0.1, -0.05) is 11.6 Å². The molecule has 144 valence electrons. The molecule has 0 amide bonds. The number of hydrogen-bond donors (Lipinski definition) is 3. The molecule has 1 fully saturated rings. The van der Waals surface area contributed by atoms with Crippen molar-refractivity contribution in [2.75, 3.05) is 36.4 Å². The minimum absolute atomic E-state index is 0.00540. The highest BCUT2D eigenvalue weighted by Crippen LogP contribution is 2.25. The van der Waals surface area contributed by atoms with E-state index in [1.54, 1.807) is 6.07 Å². The largest absolute Gasteiger partial charge is 0.480 e. The first-order chi connectivity index (χ1) is 13.0. The van der Waals surface area contributed by atoms with Crippen molar-refractivity contribution in [3.63, 3.8) is 0 Å². The third-order valence-corrected chi connectivity index (χ3v) is 4.78. The molecule has 3 N–H and O–H groups in total. The average molecular weight is 394 g/mol. The highest BCUT2D eigenvalue weighted by molar-refractivity contribution is 6.31. The standard InChI is InChI=1S/C18H21ClFN5O2/c19-14-7-13(1-2-15(14)20)24-16-8-17(23-11-22-16)25-5-3-12(4-6-25)9-21-10-18(26)27/h1-2,7-8,11-12,21H,3-6,9-10H2,(H,26,27)(H,22,23,24). The summed E-state index contributed by atoms with van der Waals surface area (Å²) in [7, 11) is 0. The first-order valence-electron chi connectivity index (χ1n) is 8.73. The van der Waals surface area contributed by atoms with E-state index in [2.05, 4.69) is 25.5 Å². The number of nitrogens with zero attached hydrogens (tertiary/aromatic N) is 3. The van der Waals surface area contributed by atoms with Gasteiger partial charge in [0.15, 0.2) is 0 Å². The van der Waals surface area contributed by atoms with E-state index in [9.17, 15) is 9.18 Å². The number of hydrogen-bond acceptors (Lipinski definition) is 6. The molecule has 2 aromatic rings. The van der Waals surface area contributed by atoms with Crippen molar-refractivity contribution in [3.05, 3.63) is 41.4 Å². The number of piperidine rings is 1. The predicted molar refractivity (Wildman–Crippen MR) is 102 cm³/mol. The Balaban J connectivity index is 1.56. The van der Waals surface area contributed by atoms with Crippen LogP contribution in [0, 0.1) is 11.7 Å². The summed E-state index contributed by atoms with van der Waals surface area (Å²) in [6.45, 7) is 2.40. The van der Waals surface area contributed by atoms with Crippen LogP contribution in [0.3, 0.4) is 0 Å². The molecular formula is C18H21ClFN5O2. The number of anilines is 3. The average Bonchev–Trinajstić information content (AvgIpc) is 2.65. The van der Waals surface area contributed by atoms with Crippen molar-refractivity contribution in [2.45, 2.75) is 12.8 Å². The van der Waals surface area contributed by atoms with Crippen LogP contribution < -0.4 is 15.5 Å². The van der Waals surface area contributed by atoms with E-state index in [0.717, 1.165) is 31.7 Å². The summed E-state index contributed by atoms with van der Waals surface area (Å²) in [5.74, 6) is 0.578. The number of aliphatic carboxylic acids is 1. The smallest absolute Gasteiger partial charge is 0.317 e. The summed E-state index contributed by atoms with van der Waals surface area (Å²) >= 11 is 5.81. The van der Waals surface area contributed by atoms with Gasteiger partial charge in [-0.05, 0) is 43.5 Å². The van der Waals surface area contributed by atoms with Gasteiger partial charge in [0.2, 0.25) is 0 Å². The molecule has 7 nitrogen and oxygen atoms in total. The molecule has 0 aliphatic carbocycles. The lowest BCUT2D eigenvalue weighted by Gasteiger charge is -2.32. The monoisotopic (exact) mass is 393 g/mol. The SMILES string of the molecule is O=C(O)CNCC1CCN(c2cc(Nc3ccc(F)c(Cl)c3)ncn2)CC1. The number of rotatable bonds is 7. The quantitative estimate of drug-likeness (QED) is 0.666. The van der Waals surface area contributed by atoms with E-state index in [-0.39, 0.29) is 11.6 Å². The first-order valence-corrected chi connectivity index (χ1v) is 9.10. The molecule has 0 radical (unpaired) electrons. The Morgan fingerprint density at radius 3 is 2.78 bits per heavy atom. The van der Waals surface area contributed by atoms with Crippen LogP contribution in [0.1, 0.15) is 12.8 Å². The van der Waals surface area contributed by atoms with Gasteiger partial charge in [-0.3, -0.25) is 4.79 Å². The Labute approximate surface area is 161 Å². The van der Waals surface area contributed by atoms with Crippen LogP contribution >= 0.6 is 11.6 Å². The molecule has 9 heteroatoms. The second-order valence-corrected chi connectivity index (χ2v) is 6.88. The second kappa shape index (κ2) is 8.96. The molecule has 1 aliphatic heterocycles. The Bertz CT molecular complexity index is 799. The van der Waals surface area contributed by atoms with Crippen LogP contribution in [0.25, 0.3) is 0 Å². The number of benzene rings is 1. The number of carboxylic acid groups (broad SMARTS) is 1. The Morgan fingerprint density at radius 2 is 2.07 bits per heavy atom. The maximum atomic E-state index is 13.3. The van der Waals surface area contributed by atoms with E-state index in [1.165, 1.54) is 18.5 Å². The zero-order valence-corrected chi connectivity index (χ0v) is 15.4. The first kappa shape index (κ1) is 19.3. The highest BCUT2D eigenvalue weighted by Gasteiger charge is 2.20. The van der Waals surface area contributed by atoms with E-state index in [1.807, 2.05) is 6.07 Å². The zero-order chi connectivity index (χ0) is 19.2. The molecule has 0 atom stereocenters. The minimum atomic E-state index is -0.837. The number of carbonyl (C=O) groups is 1. The third-order valence-electron chi connectivity index (χ3n) is 4.49. The van der Waals surface area contributed by atoms with Gasteiger partial charge in [0.05, 0.1) is 11.6 Å². The molecule has 3 rings (SSSR count). The molecule has 27 heavy (non-hydrogen) atoms. The van der Waals surface area contributed by atoms with Crippen LogP contribution in [0.4, 0.5) is 21.7 Å². The number of nitrogens with one attached hydrogen (secondary N) is 2. The van der Waals surface area contributed by atoms with Gasteiger partial charge in [0.25, 0.3) is 0 Å². The maximum absolute atomic E-state index is 13.3. The lowest BCUT2D eigenvalue weighted by Crippen LogP contribution is -2.38. The van der Waals surface area contributed by atoms with Crippen molar-refractivity contribution in [1.29, 1.82) is 0 Å². The van der Waals surface area contributed by atoms with Gasteiger partial charge in [0.1, 0.15) is 23.8 Å².